The number of oxazole rings is 1. The second-order valence-corrected chi connectivity index (χ2v) is 7.41. The van der Waals surface area contributed by atoms with Crippen molar-refractivity contribution in [2.45, 2.75) is 6.42 Å². The predicted molar refractivity (Wildman–Crippen MR) is 108 cm³/mol. The molecule has 29 heavy (non-hydrogen) atoms. The fraction of sp³-hybridized carbons (Fsp3) is 0.0476. The number of benzene rings is 1. The van der Waals surface area contributed by atoms with Crippen LogP contribution in [0, 0.1) is 0 Å². The van der Waals surface area contributed by atoms with Crippen molar-refractivity contribution in [3.8, 4) is 11.1 Å². The van der Waals surface area contributed by atoms with Crippen LogP contribution >= 0.6 is 11.3 Å². The number of aromatic carboxylic acids is 1. The van der Waals surface area contributed by atoms with Crippen molar-refractivity contribution in [1.29, 1.82) is 0 Å². The van der Waals surface area contributed by atoms with Crippen LogP contribution in [0.4, 0.5) is 0 Å². The number of hydrogen-bond acceptors (Lipinski definition) is 6. The number of carbonyl (C=O) groups is 2. The first-order valence-corrected chi connectivity index (χ1v) is 9.63. The summed E-state index contributed by atoms with van der Waals surface area (Å²) in [6.07, 6.45) is 5.20. The van der Waals surface area contributed by atoms with Gasteiger partial charge in [0.15, 0.2) is 5.58 Å². The first-order chi connectivity index (χ1) is 14.1. The standard InChI is InChI=1S/C21H13N3O4S/c25-15(20-23-14-3-1-2-4-16(14)28-20)9-17-19(21(26)27)13(11-29-17)12-5-6-18-22-7-8-24(18)10-12/h1-8,10-11H,9H2,(H,26,27). The van der Waals surface area contributed by atoms with Crippen LogP contribution in [-0.4, -0.2) is 31.2 Å². The molecule has 4 heterocycles. The van der Waals surface area contributed by atoms with Gasteiger partial charge >= 0.3 is 5.97 Å². The van der Waals surface area contributed by atoms with E-state index in [1.165, 1.54) is 11.3 Å². The lowest BCUT2D eigenvalue weighted by molar-refractivity contribution is 0.0697. The summed E-state index contributed by atoms with van der Waals surface area (Å²) in [7, 11) is 0. The van der Waals surface area contributed by atoms with Gasteiger partial charge in [0.1, 0.15) is 11.2 Å². The van der Waals surface area contributed by atoms with Crippen molar-refractivity contribution >= 4 is 39.8 Å². The normalized spacial score (nSPS) is 11.3. The van der Waals surface area contributed by atoms with E-state index in [2.05, 4.69) is 9.97 Å². The number of aromatic nitrogens is 3. The van der Waals surface area contributed by atoms with Crippen LogP contribution < -0.4 is 0 Å². The Morgan fingerprint density at radius 2 is 2.03 bits per heavy atom. The van der Waals surface area contributed by atoms with Crippen molar-refractivity contribution in [2.75, 3.05) is 0 Å². The Morgan fingerprint density at radius 3 is 2.86 bits per heavy atom. The average Bonchev–Trinajstić information content (AvgIpc) is 3.44. The number of ketones is 1. The third kappa shape index (κ3) is 2.99. The van der Waals surface area contributed by atoms with E-state index in [-0.39, 0.29) is 23.7 Å². The number of para-hydroxylation sites is 2. The van der Waals surface area contributed by atoms with Crippen LogP contribution in [0.3, 0.4) is 0 Å². The first kappa shape index (κ1) is 17.3. The number of pyridine rings is 1. The van der Waals surface area contributed by atoms with E-state index in [4.69, 9.17) is 4.42 Å². The highest BCUT2D eigenvalue weighted by Gasteiger charge is 2.24. The Kier molecular flexibility index (Phi) is 3.99. The Morgan fingerprint density at radius 1 is 1.17 bits per heavy atom. The fourth-order valence-electron chi connectivity index (χ4n) is 3.27. The molecule has 142 valence electrons. The van der Waals surface area contributed by atoms with Gasteiger partial charge in [0.05, 0.1) is 12.0 Å². The van der Waals surface area contributed by atoms with Gasteiger partial charge in [-0.05, 0) is 29.6 Å². The fourth-order valence-corrected chi connectivity index (χ4v) is 4.31. The number of carboxylic acids is 1. The second-order valence-electron chi connectivity index (χ2n) is 6.45. The monoisotopic (exact) mass is 403 g/mol. The number of nitrogens with zero attached hydrogens (tertiary/aromatic N) is 3. The molecule has 4 aromatic heterocycles. The number of fused-ring (bicyclic) bond motifs is 2. The topological polar surface area (TPSA) is 97.7 Å². The Bertz CT molecular complexity index is 1360. The number of carboxylic acid groups (broad SMARTS) is 1. The molecule has 8 heteroatoms. The molecule has 0 aliphatic carbocycles. The Balaban J connectivity index is 1.51. The van der Waals surface area contributed by atoms with Crippen molar-refractivity contribution in [2.24, 2.45) is 0 Å². The number of Topliss-reactive ketones (excluding diaryl/α,β-unsaturated/α-hetero) is 1. The van der Waals surface area contributed by atoms with E-state index in [1.807, 2.05) is 28.8 Å². The highest BCUT2D eigenvalue weighted by molar-refractivity contribution is 7.11. The van der Waals surface area contributed by atoms with Crippen molar-refractivity contribution in [1.82, 2.24) is 14.4 Å². The number of thiophene rings is 1. The maximum absolute atomic E-state index is 12.7. The van der Waals surface area contributed by atoms with Gasteiger partial charge in [-0.15, -0.1) is 11.3 Å². The predicted octanol–water partition coefficient (Wildman–Crippen LogP) is 4.33. The summed E-state index contributed by atoms with van der Waals surface area (Å²) in [6, 6.07) is 10.7. The summed E-state index contributed by atoms with van der Waals surface area (Å²) >= 11 is 1.24. The highest BCUT2D eigenvalue weighted by Crippen LogP contribution is 2.33. The van der Waals surface area contributed by atoms with E-state index < -0.39 is 5.97 Å². The summed E-state index contributed by atoms with van der Waals surface area (Å²) < 4.78 is 7.34. The summed E-state index contributed by atoms with van der Waals surface area (Å²) in [6.45, 7) is 0. The molecule has 5 aromatic rings. The van der Waals surface area contributed by atoms with Crippen LogP contribution in [0.1, 0.15) is 25.9 Å². The van der Waals surface area contributed by atoms with Crippen LogP contribution in [-0.2, 0) is 6.42 Å². The van der Waals surface area contributed by atoms with Crippen LogP contribution in [0.5, 0.6) is 0 Å². The van der Waals surface area contributed by atoms with Crippen LogP contribution in [0.15, 0.2) is 64.8 Å². The van der Waals surface area contributed by atoms with Gasteiger partial charge in [0.25, 0.3) is 5.89 Å². The lowest BCUT2D eigenvalue weighted by Crippen LogP contribution is -2.07. The van der Waals surface area contributed by atoms with Crippen LogP contribution in [0.25, 0.3) is 27.9 Å². The molecule has 0 amide bonds. The molecule has 0 spiro atoms. The quantitative estimate of drug-likeness (QED) is 0.439. The third-order valence-corrected chi connectivity index (χ3v) is 5.62. The molecule has 5 rings (SSSR count). The molecule has 0 aliphatic heterocycles. The average molecular weight is 403 g/mol. The molecule has 0 unspecified atom stereocenters. The molecule has 0 radical (unpaired) electrons. The zero-order chi connectivity index (χ0) is 20.0. The van der Waals surface area contributed by atoms with Gasteiger partial charge in [-0.1, -0.05) is 12.1 Å². The van der Waals surface area contributed by atoms with Crippen LogP contribution in [0.2, 0.25) is 0 Å². The molecule has 0 saturated heterocycles. The largest absolute Gasteiger partial charge is 0.478 e. The molecule has 0 fully saturated rings. The molecule has 1 N–H and O–H groups in total. The van der Waals surface area contributed by atoms with E-state index in [0.717, 1.165) is 11.2 Å². The SMILES string of the molecule is O=C(Cc1scc(-c2ccc3nccn3c2)c1C(=O)O)c1nc2ccccc2o1. The molecule has 7 nitrogen and oxygen atoms in total. The van der Waals surface area contributed by atoms with E-state index in [1.54, 1.807) is 36.0 Å². The first-order valence-electron chi connectivity index (χ1n) is 8.75. The number of carbonyl (C=O) groups excluding carboxylic acids is 1. The lowest BCUT2D eigenvalue weighted by Gasteiger charge is -2.04. The molecule has 0 bridgehead atoms. The molecule has 0 saturated carbocycles. The smallest absolute Gasteiger partial charge is 0.337 e. The lowest BCUT2D eigenvalue weighted by atomic mass is 10.0. The van der Waals surface area contributed by atoms with Crippen molar-refractivity contribution < 1.29 is 19.1 Å². The maximum Gasteiger partial charge on any atom is 0.337 e. The molecule has 1 aromatic carbocycles. The zero-order valence-corrected chi connectivity index (χ0v) is 15.7. The summed E-state index contributed by atoms with van der Waals surface area (Å²) in [4.78, 5) is 33.5. The number of hydrogen-bond donors (Lipinski definition) is 1. The highest BCUT2D eigenvalue weighted by atomic mass is 32.1. The van der Waals surface area contributed by atoms with Gasteiger partial charge in [-0.3, -0.25) is 4.79 Å². The van der Waals surface area contributed by atoms with Gasteiger partial charge in [0, 0.05) is 34.6 Å². The third-order valence-electron chi connectivity index (χ3n) is 4.63. The Labute approximate surface area is 167 Å². The second kappa shape index (κ2) is 6.68. The van der Waals surface area contributed by atoms with Crippen molar-refractivity contribution in [3.63, 3.8) is 0 Å². The molecular formula is C21H13N3O4S. The van der Waals surface area contributed by atoms with Gasteiger partial charge in [-0.2, -0.15) is 0 Å². The van der Waals surface area contributed by atoms with Crippen molar-refractivity contribution in [3.05, 3.63) is 76.7 Å². The minimum Gasteiger partial charge on any atom is -0.478 e. The zero-order valence-electron chi connectivity index (χ0n) is 14.9. The van der Waals surface area contributed by atoms with Gasteiger partial charge < -0.3 is 13.9 Å². The minimum absolute atomic E-state index is 0.0164. The molecule has 0 aliphatic rings. The molecular weight excluding hydrogens is 390 g/mol. The number of imidazole rings is 1. The van der Waals surface area contributed by atoms with E-state index in [9.17, 15) is 14.7 Å². The minimum atomic E-state index is -1.08. The molecule has 0 atom stereocenters. The number of rotatable bonds is 5. The summed E-state index contributed by atoms with van der Waals surface area (Å²) in [5, 5.41) is 11.6. The summed E-state index contributed by atoms with van der Waals surface area (Å²) in [5.41, 5.74) is 3.32. The summed E-state index contributed by atoms with van der Waals surface area (Å²) in [5.74, 6) is -1.45. The maximum atomic E-state index is 12.7. The Hall–Kier alpha value is -3.78. The van der Waals surface area contributed by atoms with Gasteiger partial charge in [-0.25, -0.2) is 14.8 Å². The van der Waals surface area contributed by atoms with Gasteiger partial charge in [0.2, 0.25) is 5.78 Å². The van der Waals surface area contributed by atoms with E-state index >= 15 is 0 Å². The van der Waals surface area contributed by atoms with E-state index in [0.29, 0.717) is 21.5 Å².